The van der Waals surface area contributed by atoms with Crippen LogP contribution in [-0.4, -0.2) is 41.7 Å². The predicted octanol–water partition coefficient (Wildman–Crippen LogP) is 2.24. The third kappa shape index (κ3) is 3.98. The molecule has 120 valence electrons. The summed E-state index contributed by atoms with van der Waals surface area (Å²) in [6, 6.07) is 6.23. The summed E-state index contributed by atoms with van der Waals surface area (Å²) in [5.74, 6) is 0.638. The van der Waals surface area contributed by atoms with Crippen LogP contribution in [0.5, 0.6) is 0 Å². The van der Waals surface area contributed by atoms with Crippen molar-refractivity contribution in [3.63, 3.8) is 0 Å². The molecule has 0 unspecified atom stereocenters. The van der Waals surface area contributed by atoms with Crippen molar-refractivity contribution < 1.29 is 13.3 Å². The van der Waals surface area contributed by atoms with Crippen LogP contribution in [0.2, 0.25) is 0 Å². The largest absolute Gasteiger partial charge is 0.269 e. The maximum atomic E-state index is 12.1. The standard InChI is InChI=1S/C13H17N3O4S2/c1-2-9-22(19,20)15-8-7-14-13(15)21-10-11-3-5-12(6-4-11)16(17)18/h3-6H,2,7-10H2,1H3. The molecule has 1 heterocycles. The maximum Gasteiger partial charge on any atom is 0.269 e. The first-order valence-electron chi connectivity index (χ1n) is 6.85. The number of hydrogen-bond acceptors (Lipinski definition) is 6. The molecule has 0 aliphatic carbocycles. The van der Waals surface area contributed by atoms with Gasteiger partial charge in [0.05, 0.1) is 23.8 Å². The molecular weight excluding hydrogens is 326 g/mol. The number of non-ortho nitro benzene ring substituents is 1. The van der Waals surface area contributed by atoms with Gasteiger partial charge in [-0.1, -0.05) is 30.8 Å². The zero-order valence-electron chi connectivity index (χ0n) is 12.1. The maximum absolute atomic E-state index is 12.1. The molecule has 0 fully saturated rings. The Kier molecular flexibility index (Phi) is 5.41. The molecule has 1 aromatic rings. The molecule has 1 aliphatic heterocycles. The monoisotopic (exact) mass is 343 g/mol. The van der Waals surface area contributed by atoms with E-state index in [9.17, 15) is 18.5 Å². The van der Waals surface area contributed by atoms with Crippen LogP contribution in [0, 0.1) is 10.1 Å². The zero-order chi connectivity index (χ0) is 16.2. The van der Waals surface area contributed by atoms with Crippen LogP contribution in [0.15, 0.2) is 29.3 Å². The Labute approximate surface area is 133 Å². The second-order valence-corrected chi connectivity index (χ2v) is 7.72. The molecule has 0 aromatic heterocycles. The van der Waals surface area contributed by atoms with Gasteiger partial charge in [0.1, 0.15) is 0 Å². The van der Waals surface area contributed by atoms with Crippen molar-refractivity contribution >= 4 is 32.6 Å². The molecular formula is C13H17N3O4S2. The lowest BCUT2D eigenvalue weighted by Crippen LogP contribution is -2.34. The van der Waals surface area contributed by atoms with Gasteiger partial charge in [0, 0.05) is 17.9 Å². The molecule has 0 saturated carbocycles. The van der Waals surface area contributed by atoms with Crippen molar-refractivity contribution in [1.29, 1.82) is 0 Å². The summed E-state index contributed by atoms with van der Waals surface area (Å²) in [6.07, 6.45) is 0.569. The van der Waals surface area contributed by atoms with Gasteiger partial charge in [-0.2, -0.15) is 0 Å². The lowest BCUT2D eigenvalue weighted by atomic mass is 10.2. The molecule has 0 saturated heterocycles. The minimum absolute atomic E-state index is 0.0408. The van der Waals surface area contributed by atoms with E-state index in [4.69, 9.17) is 0 Å². The minimum Gasteiger partial charge on any atom is -0.260 e. The summed E-state index contributed by atoms with van der Waals surface area (Å²) >= 11 is 1.34. The van der Waals surface area contributed by atoms with Crippen LogP contribution in [0.1, 0.15) is 18.9 Å². The molecule has 0 bridgehead atoms. The summed E-state index contributed by atoms with van der Waals surface area (Å²) in [7, 11) is -3.29. The molecule has 0 atom stereocenters. The Hall–Kier alpha value is -1.61. The smallest absolute Gasteiger partial charge is 0.260 e. The van der Waals surface area contributed by atoms with Crippen molar-refractivity contribution in [3.8, 4) is 0 Å². The highest BCUT2D eigenvalue weighted by molar-refractivity contribution is 8.14. The number of rotatable bonds is 6. The number of aliphatic imine (C=N–C) groups is 1. The van der Waals surface area contributed by atoms with Gasteiger partial charge in [0.2, 0.25) is 10.0 Å². The van der Waals surface area contributed by atoms with Crippen LogP contribution in [0.4, 0.5) is 5.69 Å². The summed E-state index contributed by atoms with van der Waals surface area (Å²) in [5.41, 5.74) is 0.928. The average molecular weight is 343 g/mol. The van der Waals surface area contributed by atoms with E-state index in [0.29, 0.717) is 30.4 Å². The quantitative estimate of drug-likeness (QED) is 0.583. The lowest BCUT2D eigenvalue weighted by molar-refractivity contribution is -0.384. The van der Waals surface area contributed by atoms with Gasteiger partial charge in [0.15, 0.2) is 5.17 Å². The first kappa shape index (κ1) is 16.8. The predicted molar refractivity (Wildman–Crippen MR) is 87.5 cm³/mol. The summed E-state index contributed by atoms with van der Waals surface area (Å²) < 4.78 is 25.6. The average Bonchev–Trinajstić information content (AvgIpc) is 2.95. The summed E-state index contributed by atoms with van der Waals surface area (Å²) in [5, 5.41) is 11.1. The van der Waals surface area contributed by atoms with Crippen LogP contribution in [0.3, 0.4) is 0 Å². The van der Waals surface area contributed by atoms with Gasteiger partial charge in [-0.05, 0) is 12.0 Å². The highest BCUT2D eigenvalue weighted by Gasteiger charge is 2.28. The number of sulfonamides is 1. The number of nitrogens with zero attached hydrogens (tertiary/aromatic N) is 3. The molecule has 7 nitrogen and oxygen atoms in total. The van der Waals surface area contributed by atoms with Gasteiger partial charge < -0.3 is 0 Å². The number of amidine groups is 1. The van der Waals surface area contributed by atoms with Crippen LogP contribution < -0.4 is 0 Å². The number of nitro groups is 1. The Balaban J connectivity index is 2.00. The molecule has 2 rings (SSSR count). The third-order valence-electron chi connectivity index (χ3n) is 3.08. The van der Waals surface area contributed by atoms with Crippen molar-refractivity contribution in [3.05, 3.63) is 39.9 Å². The molecule has 0 amide bonds. The third-order valence-corrected chi connectivity index (χ3v) is 6.23. The minimum atomic E-state index is -3.29. The molecule has 1 aliphatic rings. The first-order valence-corrected chi connectivity index (χ1v) is 9.44. The normalized spacial score (nSPS) is 15.0. The van der Waals surface area contributed by atoms with Crippen LogP contribution in [0.25, 0.3) is 0 Å². The Morgan fingerprint density at radius 1 is 1.36 bits per heavy atom. The van der Waals surface area contributed by atoms with E-state index in [0.717, 1.165) is 5.56 Å². The van der Waals surface area contributed by atoms with E-state index >= 15 is 0 Å². The topological polar surface area (TPSA) is 92.9 Å². The fourth-order valence-corrected chi connectivity index (χ4v) is 4.81. The molecule has 0 spiro atoms. The van der Waals surface area contributed by atoms with E-state index < -0.39 is 14.9 Å². The Morgan fingerprint density at radius 3 is 2.64 bits per heavy atom. The number of benzene rings is 1. The van der Waals surface area contributed by atoms with Gasteiger partial charge in [-0.25, -0.2) is 12.7 Å². The van der Waals surface area contributed by atoms with Gasteiger partial charge >= 0.3 is 0 Å². The Bertz CT molecular complexity index is 671. The SMILES string of the molecule is CCCS(=O)(=O)N1CCN=C1SCc1ccc([N+](=O)[O-])cc1. The van der Waals surface area contributed by atoms with Crippen LogP contribution in [-0.2, 0) is 15.8 Å². The zero-order valence-corrected chi connectivity index (χ0v) is 13.8. The molecule has 0 N–H and O–H groups in total. The van der Waals surface area contributed by atoms with Gasteiger partial charge in [-0.15, -0.1) is 0 Å². The molecule has 1 aromatic carbocycles. The Morgan fingerprint density at radius 2 is 2.05 bits per heavy atom. The van der Waals surface area contributed by atoms with Crippen molar-refractivity contribution in [1.82, 2.24) is 4.31 Å². The number of hydrogen-bond donors (Lipinski definition) is 0. The van der Waals surface area contributed by atoms with Crippen LogP contribution >= 0.6 is 11.8 Å². The lowest BCUT2D eigenvalue weighted by Gasteiger charge is -2.19. The second-order valence-electron chi connectivity index (χ2n) is 4.76. The van der Waals surface area contributed by atoms with Gasteiger partial charge in [0.25, 0.3) is 5.69 Å². The fraction of sp³-hybridized carbons (Fsp3) is 0.462. The van der Waals surface area contributed by atoms with E-state index in [1.165, 1.54) is 28.2 Å². The first-order chi connectivity index (χ1) is 10.4. The molecule has 22 heavy (non-hydrogen) atoms. The summed E-state index contributed by atoms with van der Waals surface area (Å²) in [6.45, 7) is 2.70. The van der Waals surface area contributed by atoms with Crippen molar-refractivity contribution in [2.75, 3.05) is 18.8 Å². The van der Waals surface area contributed by atoms with Crippen molar-refractivity contribution in [2.45, 2.75) is 19.1 Å². The fourth-order valence-electron chi connectivity index (χ4n) is 2.02. The number of thioether (sulfide) groups is 1. The van der Waals surface area contributed by atoms with Crippen molar-refractivity contribution in [2.24, 2.45) is 4.99 Å². The summed E-state index contributed by atoms with van der Waals surface area (Å²) in [4.78, 5) is 14.4. The van der Waals surface area contributed by atoms with E-state index in [2.05, 4.69) is 4.99 Å². The van der Waals surface area contributed by atoms with E-state index in [1.807, 2.05) is 6.92 Å². The second kappa shape index (κ2) is 7.10. The highest BCUT2D eigenvalue weighted by Crippen LogP contribution is 2.23. The number of nitro benzene ring substituents is 1. The molecule has 9 heteroatoms. The molecule has 0 radical (unpaired) electrons. The highest BCUT2D eigenvalue weighted by atomic mass is 32.2. The van der Waals surface area contributed by atoms with E-state index in [1.54, 1.807) is 12.1 Å². The van der Waals surface area contributed by atoms with Gasteiger partial charge in [-0.3, -0.25) is 15.1 Å². The van der Waals surface area contributed by atoms with E-state index in [-0.39, 0.29) is 11.4 Å².